The fraction of sp³-hybridized carbons (Fsp3) is 0.0588. The van der Waals surface area contributed by atoms with Crippen molar-refractivity contribution in [3.63, 3.8) is 0 Å². The van der Waals surface area contributed by atoms with Crippen molar-refractivity contribution in [2.75, 3.05) is 5.32 Å². The number of anilines is 1. The molecule has 1 aliphatic heterocycles. The van der Waals surface area contributed by atoms with E-state index in [1.54, 1.807) is 28.9 Å². The minimum atomic E-state index is -0.275. The summed E-state index contributed by atoms with van der Waals surface area (Å²) in [7, 11) is 0. The summed E-state index contributed by atoms with van der Waals surface area (Å²) in [6.45, 7) is 0. The van der Waals surface area contributed by atoms with E-state index in [-0.39, 0.29) is 17.6 Å². The van der Waals surface area contributed by atoms with Crippen LogP contribution in [0.25, 0.3) is 5.70 Å². The largest absolute Gasteiger partial charge is 0.508 e. The van der Waals surface area contributed by atoms with Gasteiger partial charge in [-0.05, 0) is 53.6 Å². The van der Waals surface area contributed by atoms with E-state index in [1.165, 1.54) is 18.5 Å². The second kappa shape index (κ2) is 5.24. The van der Waals surface area contributed by atoms with E-state index in [9.17, 15) is 9.50 Å². The zero-order valence-corrected chi connectivity index (χ0v) is 12.0. The highest BCUT2D eigenvalue weighted by Crippen LogP contribution is 2.32. The third-order valence-electron chi connectivity index (χ3n) is 3.80. The van der Waals surface area contributed by atoms with Crippen LogP contribution in [0.4, 0.5) is 10.3 Å². The van der Waals surface area contributed by atoms with Crippen LogP contribution in [0.15, 0.2) is 60.9 Å². The van der Waals surface area contributed by atoms with Crippen molar-refractivity contribution in [2.24, 2.45) is 0 Å². The summed E-state index contributed by atoms with van der Waals surface area (Å²) in [5.41, 5.74) is 2.67. The Balaban J connectivity index is 1.79. The molecule has 0 unspecified atom stereocenters. The Hall–Kier alpha value is -3.15. The van der Waals surface area contributed by atoms with Crippen molar-refractivity contribution in [2.45, 2.75) is 6.04 Å². The van der Waals surface area contributed by atoms with Gasteiger partial charge in [0, 0.05) is 5.70 Å². The number of hydrogen-bond donors (Lipinski definition) is 2. The summed E-state index contributed by atoms with van der Waals surface area (Å²) in [5.74, 6) is 0.553. The van der Waals surface area contributed by atoms with E-state index < -0.39 is 0 Å². The SMILES string of the molecule is Oc1ccc([C@@H]2C=C(c3ccc(F)cc3)Nc3ncnn32)cc1. The van der Waals surface area contributed by atoms with Gasteiger partial charge in [0.2, 0.25) is 5.95 Å². The Morgan fingerprint density at radius 2 is 1.78 bits per heavy atom. The maximum Gasteiger partial charge on any atom is 0.226 e. The molecular weight excluding hydrogens is 295 g/mol. The minimum absolute atomic E-state index is 0.158. The summed E-state index contributed by atoms with van der Waals surface area (Å²) in [6.07, 6.45) is 3.48. The zero-order valence-electron chi connectivity index (χ0n) is 12.0. The molecule has 0 amide bonds. The van der Waals surface area contributed by atoms with Crippen molar-refractivity contribution in [1.82, 2.24) is 14.8 Å². The van der Waals surface area contributed by atoms with Crippen LogP contribution in [0.3, 0.4) is 0 Å². The van der Waals surface area contributed by atoms with Crippen LogP contribution in [0.1, 0.15) is 17.2 Å². The zero-order chi connectivity index (χ0) is 15.8. The summed E-state index contributed by atoms with van der Waals surface area (Å²) >= 11 is 0. The molecule has 5 nitrogen and oxygen atoms in total. The molecule has 0 saturated heterocycles. The van der Waals surface area contributed by atoms with Crippen LogP contribution in [0.2, 0.25) is 0 Å². The number of aromatic nitrogens is 3. The average Bonchev–Trinajstić information content (AvgIpc) is 3.04. The average molecular weight is 308 g/mol. The van der Waals surface area contributed by atoms with E-state index in [0.717, 1.165) is 16.8 Å². The second-order valence-electron chi connectivity index (χ2n) is 5.28. The van der Waals surface area contributed by atoms with Gasteiger partial charge in [-0.25, -0.2) is 9.07 Å². The number of fused-ring (bicyclic) bond motifs is 1. The number of phenols is 1. The monoisotopic (exact) mass is 308 g/mol. The predicted molar refractivity (Wildman–Crippen MR) is 84.3 cm³/mol. The standard InChI is InChI=1S/C17H13FN4O/c18-13-5-1-11(2-6-13)15-9-16(12-3-7-14(23)8-4-12)22-17(21-15)19-10-20-22/h1-10,16,23H,(H,19,20,21)/t16-/m0/s1. The maximum absolute atomic E-state index is 13.1. The lowest BCUT2D eigenvalue weighted by Gasteiger charge is -2.24. The lowest BCUT2D eigenvalue weighted by Crippen LogP contribution is -2.20. The van der Waals surface area contributed by atoms with E-state index in [2.05, 4.69) is 15.4 Å². The highest BCUT2D eigenvalue weighted by atomic mass is 19.1. The van der Waals surface area contributed by atoms with Crippen LogP contribution in [0.5, 0.6) is 5.75 Å². The highest BCUT2D eigenvalue weighted by molar-refractivity contribution is 5.77. The third kappa shape index (κ3) is 2.44. The Labute approximate surface area is 131 Å². The predicted octanol–water partition coefficient (Wildman–Crippen LogP) is 3.18. The molecule has 23 heavy (non-hydrogen) atoms. The van der Waals surface area contributed by atoms with E-state index >= 15 is 0 Å². The van der Waals surface area contributed by atoms with Crippen LogP contribution >= 0.6 is 0 Å². The van der Waals surface area contributed by atoms with Gasteiger partial charge in [0.25, 0.3) is 0 Å². The molecule has 4 rings (SSSR count). The van der Waals surface area contributed by atoms with Gasteiger partial charge in [0.1, 0.15) is 23.9 Å². The van der Waals surface area contributed by atoms with Gasteiger partial charge in [-0.15, -0.1) is 0 Å². The van der Waals surface area contributed by atoms with Crippen molar-refractivity contribution in [3.05, 3.63) is 77.9 Å². The quantitative estimate of drug-likeness (QED) is 0.763. The Kier molecular flexibility index (Phi) is 3.08. The molecule has 2 aromatic carbocycles. The molecule has 0 spiro atoms. The van der Waals surface area contributed by atoms with Gasteiger partial charge in [-0.1, -0.05) is 12.1 Å². The van der Waals surface area contributed by atoms with Crippen molar-refractivity contribution in [1.29, 1.82) is 0 Å². The molecule has 1 aromatic heterocycles. The lowest BCUT2D eigenvalue weighted by molar-refractivity contribution is 0.474. The molecule has 0 radical (unpaired) electrons. The molecule has 3 aromatic rings. The van der Waals surface area contributed by atoms with Crippen molar-refractivity contribution >= 4 is 11.6 Å². The number of rotatable bonds is 2. The Bertz CT molecular complexity index is 868. The molecular formula is C17H13FN4O. The molecule has 0 fully saturated rings. The number of nitrogens with one attached hydrogen (secondary N) is 1. The molecule has 0 bridgehead atoms. The summed E-state index contributed by atoms with van der Waals surface area (Å²) in [5, 5.41) is 16.9. The number of phenolic OH excluding ortho intramolecular Hbond substituents is 1. The van der Waals surface area contributed by atoms with Gasteiger partial charge in [-0.2, -0.15) is 10.1 Å². The lowest BCUT2D eigenvalue weighted by atomic mass is 10.0. The first-order valence-electron chi connectivity index (χ1n) is 7.14. The maximum atomic E-state index is 13.1. The van der Waals surface area contributed by atoms with E-state index in [0.29, 0.717) is 5.95 Å². The fourth-order valence-electron chi connectivity index (χ4n) is 2.64. The molecule has 2 N–H and O–H groups in total. The fourth-order valence-corrected chi connectivity index (χ4v) is 2.64. The van der Waals surface area contributed by atoms with Gasteiger partial charge in [0.15, 0.2) is 0 Å². The summed E-state index contributed by atoms with van der Waals surface area (Å²) in [4.78, 5) is 4.22. The number of hydrogen-bond acceptors (Lipinski definition) is 4. The van der Waals surface area contributed by atoms with Crippen LogP contribution in [-0.2, 0) is 0 Å². The van der Waals surface area contributed by atoms with E-state index in [1.807, 2.05) is 18.2 Å². The molecule has 0 aliphatic carbocycles. The first-order chi connectivity index (χ1) is 11.2. The number of halogens is 1. The first-order valence-corrected chi connectivity index (χ1v) is 7.14. The molecule has 1 atom stereocenters. The molecule has 114 valence electrons. The smallest absolute Gasteiger partial charge is 0.226 e. The number of nitrogens with zero attached hydrogens (tertiary/aromatic N) is 3. The molecule has 2 heterocycles. The summed E-state index contributed by atoms with van der Waals surface area (Å²) in [6, 6.07) is 13.1. The van der Waals surface area contributed by atoms with Crippen LogP contribution < -0.4 is 5.32 Å². The van der Waals surface area contributed by atoms with Crippen LogP contribution in [-0.4, -0.2) is 19.9 Å². The van der Waals surface area contributed by atoms with Gasteiger partial charge in [0.05, 0.1) is 0 Å². The third-order valence-corrected chi connectivity index (χ3v) is 3.80. The molecule has 6 heteroatoms. The highest BCUT2D eigenvalue weighted by Gasteiger charge is 2.23. The van der Waals surface area contributed by atoms with Gasteiger partial charge >= 0.3 is 0 Å². The van der Waals surface area contributed by atoms with E-state index in [4.69, 9.17) is 0 Å². The summed E-state index contributed by atoms with van der Waals surface area (Å²) < 4.78 is 14.9. The number of benzene rings is 2. The Morgan fingerprint density at radius 1 is 1.04 bits per heavy atom. The second-order valence-corrected chi connectivity index (χ2v) is 5.28. The topological polar surface area (TPSA) is 63.0 Å². The van der Waals surface area contributed by atoms with Crippen molar-refractivity contribution < 1.29 is 9.50 Å². The van der Waals surface area contributed by atoms with Crippen LogP contribution in [0, 0.1) is 5.82 Å². The minimum Gasteiger partial charge on any atom is -0.508 e. The normalized spacial score (nSPS) is 16.4. The van der Waals surface area contributed by atoms with Crippen molar-refractivity contribution in [3.8, 4) is 5.75 Å². The first kappa shape index (κ1) is 13.5. The molecule has 1 aliphatic rings. The van der Waals surface area contributed by atoms with Gasteiger partial charge < -0.3 is 10.4 Å². The Morgan fingerprint density at radius 3 is 2.52 bits per heavy atom. The number of allylic oxidation sites excluding steroid dienone is 1. The molecule has 0 saturated carbocycles. The van der Waals surface area contributed by atoms with Gasteiger partial charge in [-0.3, -0.25) is 0 Å². The number of aromatic hydroxyl groups is 1.